The summed E-state index contributed by atoms with van der Waals surface area (Å²) in [6.45, 7) is 75.9. The number of hydrogen-bond acceptors (Lipinski definition) is 40. The summed E-state index contributed by atoms with van der Waals surface area (Å²) in [5.74, 6) is 0. The second-order valence-corrected chi connectivity index (χ2v) is 92.0. The minimum Gasteiger partial charge on any atom is -0.414 e. The van der Waals surface area contributed by atoms with Crippen LogP contribution in [0.3, 0.4) is 0 Å². The zero-order chi connectivity index (χ0) is 110. The molecule has 30 aliphatic heterocycles. The van der Waals surface area contributed by atoms with Gasteiger partial charge in [-0.15, -0.1) is 0 Å². The molecule has 40 atom stereocenters. The van der Waals surface area contributed by atoms with Crippen molar-refractivity contribution in [3.8, 4) is 0 Å². The second kappa shape index (κ2) is 47.0. The van der Waals surface area contributed by atoms with Gasteiger partial charge in [-0.2, -0.15) is 0 Å². The van der Waals surface area contributed by atoms with Crippen LogP contribution in [0.4, 0.5) is 0 Å². The van der Waals surface area contributed by atoms with Crippen molar-refractivity contribution < 1.29 is 193 Å². The maximum atomic E-state index is 12.9. The fourth-order valence-corrected chi connectivity index (χ4v) is 24.0. The number of ether oxygens (including phenoxy) is 16. The highest BCUT2D eigenvalue weighted by Crippen LogP contribution is 2.50. The van der Waals surface area contributed by atoms with Gasteiger partial charge in [0, 0.05) is 0 Å². The Morgan fingerprint density at radius 3 is 0.285 bits per heavy atom. The van der Waals surface area contributed by atoms with E-state index < -0.39 is 405 Å². The molecular weight excluding hydrogens is 2020 g/mol. The first-order chi connectivity index (χ1) is 65.1. The minimum atomic E-state index is -2.86. The molecule has 30 aliphatic rings. The molecule has 0 aromatic heterocycles. The molecule has 30 saturated heterocycles. The Labute approximate surface area is 864 Å². The molecule has 0 spiro atoms. The van der Waals surface area contributed by atoms with Gasteiger partial charge in [-0.3, -0.25) is 0 Å². The highest BCUT2D eigenvalue weighted by molar-refractivity contribution is 6.77. The quantitative estimate of drug-likeness (QED) is 0.0440. The van der Waals surface area contributed by atoms with Crippen LogP contribution in [0, 0.1) is 0 Å². The van der Waals surface area contributed by atoms with Crippen LogP contribution < -0.4 is 0 Å². The lowest BCUT2D eigenvalue weighted by molar-refractivity contribution is -0.403. The van der Waals surface area contributed by atoms with E-state index in [-0.39, 0.29) is 0 Å². The third-order valence-electron chi connectivity index (χ3n) is 34.8. The summed E-state index contributed by atoms with van der Waals surface area (Å²) in [5, 5.41) is 202. The molecule has 30 fully saturated rings. The highest BCUT2D eigenvalue weighted by Gasteiger charge is 2.64. The van der Waals surface area contributed by atoms with Gasteiger partial charge in [0.1, 0.15) is 195 Å². The van der Waals surface area contributed by atoms with E-state index in [0.29, 0.717) is 0 Å². The molecule has 0 radical (unpaired) electrons. The van der Waals surface area contributed by atoms with Gasteiger partial charge in [0.2, 0.25) is 0 Å². The molecule has 144 heavy (non-hydrogen) atoms. The van der Waals surface area contributed by atoms with Crippen LogP contribution in [0.1, 0.15) is 166 Å². The SMILES string of the molecule is CC(C)(C)[Si](C)(C)OC[C@H]1O[C@@H]2O[C@H]3[C@H](O)[C@@H](O)[C@@H](O[C@H]4[C@H](O)[C@@H](O)[C@@H](O[C@H]5[C@H](O)[C@@H](O)[C@@H](O[C@H]6[C@H](O)[C@@H](O)[C@@H](O[C@H]7[C@H](O)[C@@H](O)[C@@H](O[C@H]8[C@H](O)C(O)[C@@H](O[C@H]9[C@H](O)C(O)[C@@H](O[C@H]1[C@H](O)[C@H]2O)O[C@@H]9CO[Si](C)(C)C(C)(C)C)O[C@@H]8CO[Si](C)(C)C(C)(C)C)O[C@@H]7CO[Si](C)(C)C(C)(C)C)O[C@@H]6CO[Si](C)(C)C(C)(C)C)O[C@@H]5CO[Si](C)(C)C(C)(C)C)O[C@@H]4CO[Si](C)(C)C(C)(C)C)O[C@@H]3CO[Si](C)(C)C(C)(C)C. The van der Waals surface area contributed by atoms with Crippen molar-refractivity contribution >= 4 is 66.5 Å². The van der Waals surface area contributed by atoms with E-state index in [2.05, 4.69) is 0 Å². The van der Waals surface area contributed by atoms with Crippen LogP contribution in [0.2, 0.25) is 145 Å². The summed E-state index contributed by atoms with van der Waals surface area (Å²) >= 11 is 0. The van der Waals surface area contributed by atoms with Crippen LogP contribution in [0.15, 0.2) is 0 Å². The number of aliphatic hydroxyl groups is 16. The molecule has 30 heterocycles. The molecule has 0 aromatic rings. The molecule has 48 heteroatoms. The molecule has 0 amide bonds. The Kier molecular flexibility index (Phi) is 41.6. The highest BCUT2D eigenvalue weighted by atomic mass is 28.4. The predicted molar refractivity (Wildman–Crippen MR) is 550 cm³/mol. The lowest BCUT2D eigenvalue weighted by Crippen LogP contribution is -2.69. The largest absolute Gasteiger partial charge is 0.414 e. The van der Waals surface area contributed by atoms with Crippen LogP contribution in [0.5, 0.6) is 0 Å². The van der Waals surface area contributed by atoms with E-state index in [1.807, 2.05) is 271 Å². The third kappa shape index (κ3) is 29.1. The summed E-state index contributed by atoms with van der Waals surface area (Å²) < 4.78 is 162. The van der Waals surface area contributed by atoms with E-state index >= 15 is 0 Å². The molecule has 0 aromatic carbocycles. The first-order valence-corrected chi connectivity index (χ1v) is 74.8. The molecule has 0 aliphatic carbocycles. The van der Waals surface area contributed by atoms with E-state index in [1.54, 1.807) is 0 Å². The lowest BCUT2D eigenvalue weighted by Gasteiger charge is -2.52. The van der Waals surface area contributed by atoms with Gasteiger partial charge in [-0.1, -0.05) is 166 Å². The van der Waals surface area contributed by atoms with Crippen molar-refractivity contribution in [2.45, 2.75) is 557 Å². The summed E-state index contributed by atoms with van der Waals surface area (Å²) in [7, 11) is -22.9. The Hall–Kier alpha value is 0.135. The standard InChI is InChI=1S/C96H192O40Si8/c1-89(2,3)137(25,26)113-41-49-73-57(97)65(105)81(121-49)130-74-50(42-114-138(27,28)90(4,5)6)123-83(67(107)59(74)99)132-76-52(44-116-140(31,32)92(10,11)12)125-85(69(109)61(76)101)134-78-54(46-118-142(35,36)94(16,17)18)127-87(71(111)63(78)103)136-80-56(48-120-144(39,40)96(22,23)24)128-88(72(112)64(80)104)135-79-55(47-119-143(37,38)95(19,20)21)126-86(70(110)62(79)102)133-77-53(45-117-141(33,34)93(13,14)15)124-84(68(108)60(77)100)131-75-51(43-115-139(29,30)91(7,8)9)122-82(129-73)66(106)58(75)98/h49-88,97-112H,41-48H2,1-40H3/t49-,50-,51-,52-,53-,54-,55-,56-,57-,58-,59-,60-,61-,62-,63-,64-,65-,66-,67-,68-,69-,70-,71?,72?,73-,74-,75-,76-,77-,78-,79-,80-,81-,82-,83-,84-,85-,86-,87-,88-/m1/s1. The van der Waals surface area contributed by atoms with Crippen molar-refractivity contribution in [3.05, 3.63) is 0 Å². The zero-order valence-corrected chi connectivity index (χ0v) is 102. The predicted octanol–water partition coefficient (Wildman–Crippen LogP) is 6.83. The maximum absolute atomic E-state index is 12.9. The van der Waals surface area contributed by atoms with Gasteiger partial charge >= 0.3 is 0 Å². The number of hydrogen-bond donors (Lipinski definition) is 16. The van der Waals surface area contributed by atoms with Gasteiger partial charge < -0.3 is 193 Å². The van der Waals surface area contributed by atoms with Gasteiger partial charge in [-0.25, -0.2) is 0 Å². The minimum absolute atomic E-state index is 0.401. The first-order valence-electron chi connectivity index (χ1n) is 51.5. The zero-order valence-electron chi connectivity index (χ0n) is 93.7. The van der Waals surface area contributed by atoms with E-state index in [4.69, 9.17) is 111 Å². The smallest absolute Gasteiger partial charge is 0.192 e. The summed E-state index contributed by atoms with van der Waals surface area (Å²) in [4.78, 5) is 0. The van der Waals surface area contributed by atoms with Gasteiger partial charge in [0.25, 0.3) is 0 Å². The topological polar surface area (TPSA) is 545 Å². The summed E-state index contributed by atoms with van der Waals surface area (Å²) in [6, 6.07) is 0. The van der Waals surface area contributed by atoms with Gasteiger partial charge in [-0.05, 0) is 145 Å². The fourth-order valence-electron chi connectivity index (χ4n) is 15.9. The fraction of sp³-hybridized carbons (Fsp3) is 1.00. The van der Waals surface area contributed by atoms with Crippen molar-refractivity contribution in [2.24, 2.45) is 0 Å². The normalized spacial score (nSPS) is 40.5. The Bertz CT molecular complexity index is 3260. The molecule has 40 nitrogen and oxygen atoms in total. The van der Waals surface area contributed by atoms with Crippen molar-refractivity contribution in [1.82, 2.24) is 0 Å². The number of aliphatic hydroxyl groups excluding tert-OH is 16. The molecular formula is C96H192O40Si8. The van der Waals surface area contributed by atoms with Crippen molar-refractivity contribution in [1.29, 1.82) is 0 Å². The van der Waals surface area contributed by atoms with Crippen LogP contribution in [0.25, 0.3) is 0 Å². The van der Waals surface area contributed by atoms with Gasteiger partial charge in [0.05, 0.1) is 52.9 Å². The molecule has 16 N–H and O–H groups in total. The molecule has 848 valence electrons. The van der Waals surface area contributed by atoms with Crippen molar-refractivity contribution in [2.75, 3.05) is 52.9 Å². The van der Waals surface area contributed by atoms with Crippen LogP contribution in [-0.2, 0) is 111 Å². The molecule has 30 rings (SSSR count). The summed E-state index contributed by atoms with van der Waals surface area (Å²) in [5.41, 5.74) is 0. The van der Waals surface area contributed by atoms with E-state index in [0.717, 1.165) is 0 Å². The number of rotatable bonds is 24. The Balaban J connectivity index is 1.21. The van der Waals surface area contributed by atoms with Crippen LogP contribution in [-0.4, -0.2) is 447 Å². The Morgan fingerprint density at radius 2 is 0.215 bits per heavy atom. The average molecular weight is 2210 g/mol. The van der Waals surface area contributed by atoms with Crippen molar-refractivity contribution in [3.63, 3.8) is 0 Å². The molecule has 0 saturated carbocycles. The second-order valence-electron chi connectivity index (χ2n) is 53.6. The molecule has 2 unspecified atom stereocenters. The third-order valence-corrected chi connectivity index (χ3v) is 70.8. The van der Waals surface area contributed by atoms with E-state index in [9.17, 15) is 81.7 Å². The lowest BCUT2D eigenvalue weighted by atomic mass is 9.94. The Morgan fingerprint density at radius 1 is 0.139 bits per heavy atom. The monoisotopic (exact) mass is 2210 g/mol. The van der Waals surface area contributed by atoms with Crippen LogP contribution >= 0.6 is 0 Å². The first kappa shape index (κ1) is 128. The average Bonchev–Trinajstić information content (AvgIpc) is 0.764. The van der Waals surface area contributed by atoms with Gasteiger partial charge in [0.15, 0.2) is 117 Å². The molecule has 16 bridgehead atoms. The maximum Gasteiger partial charge on any atom is 0.192 e. The van der Waals surface area contributed by atoms with E-state index in [1.165, 1.54) is 0 Å². The summed E-state index contributed by atoms with van der Waals surface area (Å²) in [6.07, 6.45) is -76.0.